The maximum absolute atomic E-state index is 15.5. The van der Waals surface area contributed by atoms with Gasteiger partial charge in [-0.1, -0.05) is 116 Å². The van der Waals surface area contributed by atoms with E-state index in [1.54, 1.807) is 47.6 Å². The van der Waals surface area contributed by atoms with Crippen LogP contribution in [0.5, 0.6) is 0 Å². The van der Waals surface area contributed by atoms with Crippen molar-refractivity contribution in [2.24, 2.45) is 59.2 Å². The van der Waals surface area contributed by atoms with Crippen LogP contribution in [-0.2, 0) is 67.0 Å². The predicted octanol–water partition coefficient (Wildman–Crippen LogP) is 6.81. The van der Waals surface area contributed by atoms with Crippen LogP contribution in [0.15, 0.2) is 12.2 Å². The Balaban J connectivity index is 3.11. The van der Waals surface area contributed by atoms with Crippen LogP contribution >= 0.6 is 0 Å². The largest absolute Gasteiger partial charge is 0.459 e. The van der Waals surface area contributed by atoms with E-state index in [2.05, 4.69) is 10.2 Å². The Kier molecular flexibility index (Phi) is 35.2. The van der Waals surface area contributed by atoms with Gasteiger partial charge in [-0.05, 0) is 100 Å². The Morgan fingerprint density at radius 3 is 1.49 bits per heavy atom. The van der Waals surface area contributed by atoms with Gasteiger partial charge in [-0.15, -0.1) is 0 Å². The van der Waals surface area contributed by atoms with Gasteiger partial charge in [0.15, 0.2) is 11.6 Å². The third-order valence-corrected chi connectivity index (χ3v) is 19.5. The highest BCUT2D eigenvalue weighted by molar-refractivity contribution is 6.00. The lowest BCUT2D eigenvalue weighted by molar-refractivity contribution is -0.164. The van der Waals surface area contributed by atoms with Crippen LogP contribution < -0.4 is 5.32 Å². The molecule has 2 saturated heterocycles. The summed E-state index contributed by atoms with van der Waals surface area (Å²) in [5.41, 5.74) is 0. The van der Waals surface area contributed by atoms with Crippen molar-refractivity contribution in [1.82, 2.24) is 44.5 Å². The zero-order valence-corrected chi connectivity index (χ0v) is 62.8. The van der Waals surface area contributed by atoms with Gasteiger partial charge < -0.3 is 49.1 Å². The van der Waals surface area contributed by atoms with Crippen LogP contribution in [0.1, 0.15) is 182 Å². The standard InChI is InChI=1S/C72H125N9O14/c1-26-28-29-48(14)64(95-52(18)82)63-65(86)73-54(27-2)69(90)74(19)51(17)67(88)79(24)62(47(13)30-31-81-32-34-94-35-33-81)60(85)41-53(45(9)10)68(89)75(20)55(36-42(3)4)59(84)39-49(15)58(83)40-50(16)66(87)76(21)56(37-43(5)6)70(91)77(22)57(38-44(7)8)71(92)78(23)61(46(11)12)72(93)80(63)25/h26,28,42-51,53-57,61-64H,27,29-41H2,1-25H3,(H,73,86)/b28-26+/t47-,48-,49-,50+,51-,53+,54+,55+,56+,57+,61+,62+,63+,64-/m1/s1. The third-order valence-electron chi connectivity index (χ3n) is 19.5. The number of Topliss-reactive ketones (excluding diaryl/α,β-unsaturated/α-hetero) is 3. The molecule has 23 nitrogen and oxygen atoms in total. The average Bonchev–Trinajstić information content (AvgIpc) is 0.806. The summed E-state index contributed by atoms with van der Waals surface area (Å²) in [7, 11) is 10.3. The van der Waals surface area contributed by atoms with Crippen LogP contribution in [0.3, 0.4) is 0 Å². The van der Waals surface area contributed by atoms with E-state index >= 15 is 33.6 Å². The van der Waals surface area contributed by atoms with E-state index < -0.39 is 155 Å². The maximum Gasteiger partial charge on any atom is 0.303 e. The van der Waals surface area contributed by atoms with Gasteiger partial charge in [-0.3, -0.25) is 62.4 Å². The minimum Gasteiger partial charge on any atom is -0.459 e. The van der Waals surface area contributed by atoms with E-state index in [-0.39, 0.29) is 74.3 Å². The number of ketones is 3. The Morgan fingerprint density at radius 2 is 1.01 bits per heavy atom. The zero-order valence-electron chi connectivity index (χ0n) is 62.8. The Labute approximate surface area is 570 Å². The molecule has 14 atom stereocenters. The first kappa shape index (κ1) is 85.0. The van der Waals surface area contributed by atoms with E-state index in [0.29, 0.717) is 45.7 Å². The van der Waals surface area contributed by atoms with Crippen LogP contribution in [0, 0.1) is 59.2 Å². The number of nitrogens with zero attached hydrogens (tertiary/aromatic N) is 8. The summed E-state index contributed by atoms with van der Waals surface area (Å²) in [4.78, 5) is 190. The molecule has 0 aromatic heterocycles. The predicted molar refractivity (Wildman–Crippen MR) is 368 cm³/mol. The van der Waals surface area contributed by atoms with Gasteiger partial charge in [-0.2, -0.15) is 0 Å². The first-order valence-electron chi connectivity index (χ1n) is 34.9. The van der Waals surface area contributed by atoms with Crippen LogP contribution in [-0.4, -0.2) is 246 Å². The van der Waals surface area contributed by atoms with Crippen molar-refractivity contribution < 1.29 is 67.0 Å². The molecular formula is C72H125N9O14. The molecule has 0 bridgehead atoms. The second-order valence-electron chi connectivity index (χ2n) is 29.5. The molecule has 0 saturated carbocycles. The molecule has 2 fully saturated rings. The summed E-state index contributed by atoms with van der Waals surface area (Å²) < 4.78 is 11.6. The van der Waals surface area contributed by atoms with Crippen molar-refractivity contribution >= 4 is 70.6 Å². The fraction of sp³-hybridized carbons (Fsp3) is 0.806. The number of carbonyl (C=O) groups excluding carboxylic acids is 12. The number of hydrogen-bond acceptors (Lipinski definition) is 15. The minimum atomic E-state index is -1.61. The molecule has 95 heavy (non-hydrogen) atoms. The monoisotopic (exact) mass is 1340 g/mol. The molecule has 1 N–H and O–H groups in total. The summed E-state index contributed by atoms with van der Waals surface area (Å²) in [5, 5.41) is 2.85. The number of ether oxygens (including phenoxy) is 2. The summed E-state index contributed by atoms with van der Waals surface area (Å²) in [6.45, 7) is 34.6. The van der Waals surface area contributed by atoms with Gasteiger partial charge in [0.1, 0.15) is 48.1 Å². The highest BCUT2D eigenvalue weighted by Gasteiger charge is 2.47. The number of amides is 8. The zero-order chi connectivity index (χ0) is 73.0. The summed E-state index contributed by atoms with van der Waals surface area (Å²) in [6.07, 6.45) is 2.87. The molecule has 542 valence electrons. The molecule has 0 spiro atoms. The van der Waals surface area contributed by atoms with Crippen molar-refractivity contribution in [3.05, 3.63) is 12.2 Å². The molecule has 2 aliphatic rings. The Bertz CT molecular complexity index is 2640. The SMILES string of the molecule is C/C=C/C[C@@H](C)[C@@H](OC(C)=O)[C@H]1C(=O)N[C@@H](CC)C(=O)N(C)[C@H](C)C(=O)N(C)[C@@H]([C@H](C)CCN2CCOCC2)C(=O)C[C@@H](C(C)C)C(=O)N(C)[C@@H](CC(C)C)C(=O)C[C@@H](C)C(=O)C[C@H](C)C(=O)N(C)[C@@H](CC(C)C)C(=O)N(C)[C@@H](CC(C)C)C(=O)N(C)[C@@H](C(C)C)C(=O)N1C. The number of hydrogen-bond donors (Lipinski definition) is 1. The van der Waals surface area contributed by atoms with Gasteiger partial charge in [0.05, 0.1) is 25.3 Å². The first-order chi connectivity index (χ1) is 44.1. The highest BCUT2D eigenvalue weighted by Crippen LogP contribution is 2.31. The van der Waals surface area contributed by atoms with Gasteiger partial charge in [0.25, 0.3) is 0 Å². The van der Waals surface area contributed by atoms with Crippen molar-refractivity contribution in [1.29, 1.82) is 0 Å². The minimum absolute atomic E-state index is 0.00172. The van der Waals surface area contributed by atoms with Crippen LogP contribution in [0.4, 0.5) is 0 Å². The lowest BCUT2D eigenvalue weighted by Gasteiger charge is -2.42. The molecule has 23 heteroatoms. The van der Waals surface area contributed by atoms with Gasteiger partial charge in [0, 0.05) is 106 Å². The van der Waals surface area contributed by atoms with Gasteiger partial charge in [0.2, 0.25) is 47.3 Å². The first-order valence-corrected chi connectivity index (χ1v) is 34.9. The number of carbonyl (C=O) groups is 12. The average molecular weight is 1340 g/mol. The highest BCUT2D eigenvalue weighted by atomic mass is 16.5. The summed E-state index contributed by atoms with van der Waals surface area (Å²) >= 11 is 0. The molecule has 2 heterocycles. The topological polar surface area (TPSA) is 261 Å². The maximum atomic E-state index is 15.5. The van der Waals surface area contributed by atoms with E-state index in [4.69, 9.17) is 9.47 Å². The van der Waals surface area contributed by atoms with E-state index in [1.807, 2.05) is 75.3 Å². The van der Waals surface area contributed by atoms with Gasteiger partial charge >= 0.3 is 5.97 Å². The lowest BCUT2D eigenvalue weighted by atomic mass is 9.83. The molecule has 0 aromatic carbocycles. The molecule has 0 aliphatic carbocycles. The molecule has 0 unspecified atom stereocenters. The third kappa shape index (κ3) is 23.9. The van der Waals surface area contributed by atoms with E-state index in [0.717, 1.165) is 4.90 Å². The summed E-state index contributed by atoms with van der Waals surface area (Å²) in [6, 6.07) is -9.77. The number of likely N-dealkylation sites (N-methyl/N-ethyl adjacent to an activating group) is 7. The fourth-order valence-electron chi connectivity index (χ4n) is 13.3. The second kappa shape index (κ2) is 39.3. The van der Waals surface area contributed by atoms with Crippen LogP contribution in [0.25, 0.3) is 0 Å². The number of allylic oxidation sites excluding steroid dienone is 2. The van der Waals surface area contributed by atoms with Crippen molar-refractivity contribution in [3.8, 4) is 0 Å². The Morgan fingerprint density at radius 1 is 0.537 bits per heavy atom. The molecule has 0 radical (unpaired) electrons. The number of esters is 1. The van der Waals surface area contributed by atoms with Crippen molar-refractivity contribution in [3.63, 3.8) is 0 Å². The fourth-order valence-corrected chi connectivity index (χ4v) is 13.3. The van der Waals surface area contributed by atoms with Crippen molar-refractivity contribution in [2.75, 3.05) is 82.2 Å². The van der Waals surface area contributed by atoms with E-state index in [1.165, 1.54) is 92.6 Å². The van der Waals surface area contributed by atoms with Crippen LogP contribution in [0.2, 0.25) is 0 Å². The van der Waals surface area contributed by atoms with Crippen molar-refractivity contribution in [2.45, 2.75) is 237 Å². The number of morpholine rings is 1. The molecule has 8 amide bonds. The Hall–Kier alpha value is -6.10. The normalized spacial score (nSPS) is 27.7. The molecule has 0 aromatic rings. The van der Waals surface area contributed by atoms with Gasteiger partial charge in [-0.25, -0.2) is 0 Å². The smallest absolute Gasteiger partial charge is 0.303 e. The quantitative estimate of drug-likeness (QED) is 0.109. The summed E-state index contributed by atoms with van der Waals surface area (Å²) in [5.74, 6) is -12.1. The molecular weight excluding hydrogens is 1210 g/mol. The molecule has 2 rings (SSSR count). The van der Waals surface area contributed by atoms with E-state index in [9.17, 15) is 24.0 Å². The number of rotatable bonds is 18. The number of nitrogens with one attached hydrogen (secondary N) is 1. The second-order valence-corrected chi connectivity index (χ2v) is 29.5. The lowest BCUT2D eigenvalue weighted by Crippen LogP contribution is -2.64. The molecule has 2 aliphatic heterocycles.